The molecule has 0 radical (unpaired) electrons. The number of carbonyl (C=O) groups excluding carboxylic acids is 1. The van der Waals surface area contributed by atoms with Crippen molar-refractivity contribution in [2.75, 3.05) is 39.9 Å². The van der Waals surface area contributed by atoms with Gasteiger partial charge in [0.15, 0.2) is 0 Å². The highest BCUT2D eigenvalue weighted by molar-refractivity contribution is 5.77. The van der Waals surface area contributed by atoms with Crippen LogP contribution in [0.25, 0.3) is 0 Å². The lowest BCUT2D eigenvalue weighted by Crippen LogP contribution is -2.46. The van der Waals surface area contributed by atoms with Crippen molar-refractivity contribution >= 4 is 5.91 Å². The Labute approximate surface area is 110 Å². The van der Waals surface area contributed by atoms with E-state index >= 15 is 0 Å². The lowest BCUT2D eigenvalue weighted by atomic mass is 9.99. The average molecular weight is 254 g/mol. The van der Waals surface area contributed by atoms with Crippen LogP contribution in [0, 0.1) is 0 Å². The number of carbonyl (C=O) groups is 1. The molecule has 0 bridgehead atoms. The average Bonchev–Trinajstić information content (AvgIpc) is 2.90. The van der Waals surface area contributed by atoms with Crippen LogP contribution >= 0.6 is 0 Å². The lowest BCUT2D eigenvalue weighted by Gasteiger charge is -2.36. The molecule has 2 saturated heterocycles. The van der Waals surface area contributed by atoms with Crippen LogP contribution in [0.5, 0.6) is 0 Å². The minimum absolute atomic E-state index is 0.170. The van der Waals surface area contributed by atoms with Crippen molar-refractivity contribution in [2.45, 2.75) is 44.6 Å². The Balaban J connectivity index is 1.80. The molecule has 2 fully saturated rings. The van der Waals surface area contributed by atoms with E-state index < -0.39 is 0 Å². The Morgan fingerprint density at radius 1 is 1.17 bits per heavy atom. The van der Waals surface area contributed by atoms with Gasteiger partial charge >= 0.3 is 0 Å². The van der Waals surface area contributed by atoms with Gasteiger partial charge in [0.05, 0.1) is 0 Å². The topological polar surface area (TPSA) is 32.8 Å². The van der Waals surface area contributed by atoms with E-state index in [1.807, 2.05) is 0 Å². The molecule has 18 heavy (non-hydrogen) atoms. The minimum Gasteiger partial charge on any atom is -0.375 e. The molecule has 1 atom stereocenters. The third-order valence-corrected chi connectivity index (χ3v) is 4.19. The molecule has 2 rings (SSSR count). The lowest BCUT2D eigenvalue weighted by molar-refractivity contribution is -0.139. The fraction of sp³-hybridized carbons (Fsp3) is 0.929. The third kappa shape index (κ3) is 3.69. The number of rotatable bonds is 5. The molecule has 1 amide bonds. The quantitative estimate of drug-likeness (QED) is 0.745. The summed E-state index contributed by atoms with van der Waals surface area (Å²) in [4.78, 5) is 16.6. The second-order valence-electron chi connectivity index (χ2n) is 5.51. The zero-order valence-corrected chi connectivity index (χ0v) is 11.6. The minimum atomic E-state index is 0.170. The van der Waals surface area contributed by atoms with Crippen LogP contribution in [-0.4, -0.2) is 61.6 Å². The van der Waals surface area contributed by atoms with Gasteiger partial charge in [-0.15, -0.1) is 0 Å². The molecule has 1 unspecified atom stereocenters. The smallest absolute Gasteiger partial charge is 0.248 e. The first-order chi connectivity index (χ1) is 8.81. The van der Waals surface area contributed by atoms with Gasteiger partial charge in [-0.05, 0) is 51.6 Å². The third-order valence-electron chi connectivity index (χ3n) is 4.19. The van der Waals surface area contributed by atoms with E-state index in [-0.39, 0.29) is 12.5 Å². The largest absolute Gasteiger partial charge is 0.375 e. The maximum absolute atomic E-state index is 12.0. The molecule has 0 N–H and O–H groups in total. The molecular formula is C14H26N2O2. The molecular weight excluding hydrogens is 228 g/mol. The van der Waals surface area contributed by atoms with Gasteiger partial charge in [0.2, 0.25) is 5.91 Å². The van der Waals surface area contributed by atoms with Gasteiger partial charge < -0.3 is 14.5 Å². The molecule has 2 heterocycles. The summed E-state index contributed by atoms with van der Waals surface area (Å²) < 4.78 is 4.98. The number of amides is 1. The molecule has 0 aromatic carbocycles. The van der Waals surface area contributed by atoms with Crippen molar-refractivity contribution in [1.29, 1.82) is 0 Å². The second-order valence-corrected chi connectivity index (χ2v) is 5.51. The van der Waals surface area contributed by atoms with Crippen molar-refractivity contribution < 1.29 is 9.53 Å². The van der Waals surface area contributed by atoms with Crippen molar-refractivity contribution in [3.63, 3.8) is 0 Å². The first-order valence-electron chi connectivity index (χ1n) is 7.32. The summed E-state index contributed by atoms with van der Waals surface area (Å²) >= 11 is 0. The summed E-state index contributed by atoms with van der Waals surface area (Å²) in [6.07, 6.45) is 7.41. The van der Waals surface area contributed by atoms with Gasteiger partial charge in [-0.25, -0.2) is 0 Å². The standard InChI is InChI=1S/C14H26N2O2/c1-18-12-14(17)16-10-3-2-6-13(16)7-11-15-8-4-5-9-15/h13H,2-12H2,1H3. The van der Waals surface area contributed by atoms with Crippen LogP contribution in [0.15, 0.2) is 0 Å². The molecule has 0 aromatic rings. The zero-order valence-electron chi connectivity index (χ0n) is 11.6. The molecule has 104 valence electrons. The first kappa shape index (κ1) is 13.8. The Morgan fingerprint density at radius 3 is 2.61 bits per heavy atom. The molecule has 2 aliphatic rings. The van der Waals surface area contributed by atoms with E-state index in [1.54, 1.807) is 7.11 Å². The summed E-state index contributed by atoms with van der Waals surface area (Å²) in [5, 5.41) is 0. The highest BCUT2D eigenvalue weighted by Crippen LogP contribution is 2.21. The van der Waals surface area contributed by atoms with Crippen LogP contribution in [0.3, 0.4) is 0 Å². The Bertz CT molecular complexity index is 265. The van der Waals surface area contributed by atoms with Crippen molar-refractivity contribution in [2.24, 2.45) is 0 Å². The van der Waals surface area contributed by atoms with Crippen molar-refractivity contribution in [3.05, 3.63) is 0 Å². The van der Waals surface area contributed by atoms with Gasteiger partial charge in [-0.3, -0.25) is 4.79 Å². The van der Waals surface area contributed by atoms with E-state index in [9.17, 15) is 4.79 Å². The highest BCUT2D eigenvalue weighted by atomic mass is 16.5. The number of methoxy groups -OCH3 is 1. The normalized spacial score (nSPS) is 25.6. The van der Waals surface area contributed by atoms with Gasteiger partial charge in [0.1, 0.15) is 6.61 Å². The molecule has 0 spiro atoms. The summed E-state index contributed by atoms with van der Waals surface area (Å²) in [5.41, 5.74) is 0. The van der Waals surface area contributed by atoms with Crippen LogP contribution in [0.2, 0.25) is 0 Å². The van der Waals surface area contributed by atoms with Crippen LogP contribution < -0.4 is 0 Å². The zero-order chi connectivity index (χ0) is 12.8. The summed E-state index contributed by atoms with van der Waals surface area (Å²) in [6.45, 7) is 4.81. The predicted molar refractivity (Wildman–Crippen MR) is 71.5 cm³/mol. The Hall–Kier alpha value is -0.610. The molecule has 0 aliphatic carbocycles. The summed E-state index contributed by atoms with van der Waals surface area (Å²) in [7, 11) is 1.60. The van der Waals surface area contributed by atoms with Crippen molar-refractivity contribution in [3.8, 4) is 0 Å². The SMILES string of the molecule is COCC(=O)N1CCCCC1CCN1CCCC1. The van der Waals surface area contributed by atoms with Crippen LogP contribution in [0.1, 0.15) is 38.5 Å². The molecule has 2 aliphatic heterocycles. The van der Waals surface area contributed by atoms with Gasteiger partial charge in [0.25, 0.3) is 0 Å². The van der Waals surface area contributed by atoms with E-state index in [4.69, 9.17) is 4.74 Å². The predicted octanol–water partition coefficient (Wildman–Crippen LogP) is 1.50. The first-order valence-corrected chi connectivity index (χ1v) is 7.32. The van der Waals surface area contributed by atoms with Gasteiger partial charge in [-0.2, -0.15) is 0 Å². The van der Waals surface area contributed by atoms with E-state index in [0.717, 1.165) is 25.9 Å². The maximum atomic E-state index is 12.0. The fourth-order valence-corrected chi connectivity index (χ4v) is 3.17. The Kier molecular flexibility index (Phi) is 5.45. The second kappa shape index (κ2) is 7.10. The van der Waals surface area contributed by atoms with Crippen LogP contribution in [0.4, 0.5) is 0 Å². The van der Waals surface area contributed by atoms with E-state index in [2.05, 4.69) is 9.80 Å². The fourth-order valence-electron chi connectivity index (χ4n) is 3.17. The number of likely N-dealkylation sites (tertiary alicyclic amines) is 2. The number of piperidine rings is 1. The number of ether oxygens (including phenoxy) is 1. The number of hydrogen-bond acceptors (Lipinski definition) is 3. The highest BCUT2D eigenvalue weighted by Gasteiger charge is 2.26. The van der Waals surface area contributed by atoms with Crippen molar-refractivity contribution in [1.82, 2.24) is 9.80 Å². The monoisotopic (exact) mass is 254 g/mol. The van der Waals surface area contributed by atoms with E-state index in [0.29, 0.717) is 6.04 Å². The molecule has 0 saturated carbocycles. The number of nitrogens with zero attached hydrogens (tertiary/aromatic N) is 2. The Morgan fingerprint density at radius 2 is 1.89 bits per heavy atom. The molecule has 4 nitrogen and oxygen atoms in total. The summed E-state index contributed by atoms with van der Waals surface area (Å²) in [5.74, 6) is 0.170. The number of hydrogen-bond donors (Lipinski definition) is 0. The maximum Gasteiger partial charge on any atom is 0.248 e. The van der Waals surface area contributed by atoms with Gasteiger partial charge in [-0.1, -0.05) is 0 Å². The molecule has 4 heteroatoms. The molecule has 0 aromatic heterocycles. The van der Waals surface area contributed by atoms with E-state index in [1.165, 1.54) is 38.8 Å². The van der Waals surface area contributed by atoms with Crippen LogP contribution in [-0.2, 0) is 9.53 Å². The summed E-state index contributed by atoms with van der Waals surface area (Å²) in [6, 6.07) is 0.446. The van der Waals surface area contributed by atoms with Gasteiger partial charge in [0, 0.05) is 26.2 Å².